The molecule has 33 heavy (non-hydrogen) atoms. The number of carbonyl (C=O) groups excluding carboxylic acids is 1. The van der Waals surface area contributed by atoms with Crippen molar-refractivity contribution in [2.24, 2.45) is 5.92 Å². The maximum atomic E-state index is 13.1. The first kappa shape index (κ1) is 24.1. The number of benzene rings is 1. The summed E-state index contributed by atoms with van der Waals surface area (Å²) in [7, 11) is 1.70. The molecule has 0 radical (unpaired) electrons. The minimum absolute atomic E-state index is 0.0439. The number of hydrogen-bond donors (Lipinski definition) is 3. The third-order valence-electron chi connectivity index (χ3n) is 7.16. The fourth-order valence-corrected chi connectivity index (χ4v) is 6.06. The topological polar surface area (TPSA) is 58.9 Å². The van der Waals surface area contributed by atoms with Gasteiger partial charge in [0.25, 0.3) is 0 Å². The van der Waals surface area contributed by atoms with Crippen LogP contribution in [0, 0.1) is 12.8 Å². The molecule has 0 aliphatic heterocycles. The molecule has 2 heterocycles. The SMILES string of the molecule is COc1cc[n+](-c2nc3cc4c(cc3[nH]2)C(C)(C)C(=O)C4(C)C)c(CC(C)CC(S)S)c1C. The van der Waals surface area contributed by atoms with Crippen molar-refractivity contribution < 1.29 is 14.1 Å². The van der Waals surface area contributed by atoms with Crippen molar-refractivity contribution in [1.29, 1.82) is 0 Å². The molecular formula is C26H34N3O2S2+. The van der Waals surface area contributed by atoms with Gasteiger partial charge in [0.15, 0.2) is 11.3 Å². The van der Waals surface area contributed by atoms with Crippen LogP contribution in [-0.2, 0) is 22.0 Å². The highest BCUT2D eigenvalue weighted by atomic mass is 32.2. The van der Waals surface area contributed by atoms with E-state index in [0.717, 1.165) is 58.0 Å². The summed E-state index contributed by atoms with van der Waals surface area (Å²) in [6, 6.07) is 6.17. The molecule has 1 atom stereocenters. The Morgan fingerprint density at radius 3 is 2.39 bits per heavy atom. The molecule has 5 nitrogen and oxygen atoms in total. The molecule has 7 heteroatoms. The van der Waals surface area contributed by atoms with Crippen LogP contribution in [0.1, 0.15) is 63.4 Å². The number of imidazole rings is 1. The van der Waals surface area contributed by atoms with Crippen LogP contribution in [0.3, 0.4) is 0 Å². The maximum Gasteiger partial charge on any atom is 0.402 e. The van der Waals surface area contributed by atoms with Gasteiger partial charge >= 0.3 is 5.95 Å². The molecule has 0 saturated heterocycles. The van der Waals surface area contributed by atoms with Crippen LogP contribution in [0.5, 0.6) is 5.75 Å². The first-order chi connectivity index (χ1) is 15.4. The van der Waals surface area contributed by atoms with E-state index in [9.17, 15) is 4.79 Å². The van der Waals surface area contributed by atoms with E-state index in [1.807, 2.05) is 40.0 Å². The van der Waals surface area contributed by atoms with Gasteiger partial charge in [0.1, 0.15) is 11.3 Å². The van der Waals surface area contributed by atoms with Gasteiger partial charge in [-0.25, -0.2) is 9.55 Å². The molecule has 1 aromatic carbocycles. The fourth-order valence-electron chi connectivity index (χ4n) is 5.34. The predicted octanol–water partition coefficient (Wildman–Crippen LogP) is 5.05. The van der Waals surface area contributed by atoms with Crippen molar-refractivity contribution in [3.05, 3.63) is 46.8 Å². The summed E-state index contributed by atoms with van der Waals surface area (Å²) in [4.78, 5) is 21.5. The van der Waals surface area contributed by atoms with Crippen LogP contribution in [-0.4, -0.2) is 27.4 Å². The minimum Gasteiger partial charge on any atom is -0.496 e. The van der Waals surface area contributed by atoms with Crippen molar-refractivity contribution in [1.82, 2.24) is 9.97 Å². The zero-order valence-electron chi connectivity index (χ0n) is 20.5. The molecule has 2 aromatic heterocycles. The van der Waals surface area contributed by atoms with Crippen molar-refractivity contribution in [2.45, 2.75) is 69.8 Å². The lowest BCUT2D eigenvalue weighted by molar-refractivity contribution is -0.612. The van der Waals surface area contributed by atoms with Gasteiger partial charge < -0.3 is 4.74 Å². The highest BCUT2D eigenvalue weighted by Gasteiger charge is 2.50. The zero-order chi connectivity index (χ0) is 24.3. The van der Waals surface area contributed by atoms with Crippen molar-refractivity contribution in [2.75, 3.05) is 7.11 Å². The second kappa shape index (κ2) is 8.35. The number of aromatic nitrogens is 3. The molecular weight excluding hydrogens is 450 g/mol. The van der Waals surface area contributed by atoms with Crippen molar-refractivity contribution in [3.63, 3.8) is 0 Å². The predicted molar refractivity (Wildman–Crippen MR) is 139 cm³/mol. The first-order valence-corrected chi connectivity index (χ1v) is 12.5. The normalized spacial score (nSPS) is 17.6. The Hall–Kier alpha value is -1.99. The molecule has 4 rings (SSSR count). The lowest BCUT2D eigenvalue weighted by Gasteiger charge is -2.21. The fraction of sp³-hybridized carbons (Fsp3) is 0.500. The number of nitrogens with zero attached hydrogens (tertiary/aromatic N) is 2. The molecule has 1 aliphatic carbocycles. The minimum atomic E-state index is -0.521. The van der Waals surface area contributed by atoms with E-state index in [0.29, 0.717) is 5.92 Å². The number of ketones is 1. The third kappa shape index (κ3) is 3.97. The van der Waals surface area contributed by atoms with Gasteiger partial charge in [-0.05, 0) is 70.2 Å². The number of aromatic amines is 1. The Labute approximate surface area is 207 Å². The summed E-state index contributed by atoms with van der Waals surface area (Å²) in [5.41, 5.74) is 5.16. The number of nitrogens with one attached hydrogen (secondary N) is 1. The highest BCUT2D eigenvalue weighted by Crippen LogP contribution is 2.47. The number of Topliss-reactive ketones (excluding diaryl/α,β-unsaturated/α-hetero) is 1. The van der Waals surface area contributed by atoms with E-state index in [1.54, 1.807) is 7.11 Å². The van der Waals surface area contributed by atoms with Gasteiger partial charge in [-0.15, -0.1) is 0 Å². The lowest BCUT2D eigenvalue weighted by atomic mass is 9.80. The number of H-pyrrole nitrogens is 1. The molecule has 3 aromatic rings. The second-order valence-corrected chi connectivity index (χ2v) is 12.1. The Bertz CT molecular complexity index is 1190. The Morgan fingerprint density at radius 1 is 1.15 bits per heavy atom. The number of thiol groups is 2. The van der Waals surface area contributed by atoms with Crippen LogP contribution in [0.25, 0.3) is 17.0 Å². The lowest BCUT2D eigenvalue weighted by Crippen LogP contribution is -2.38. The quantitative estimate of drug-likeness (QED) is 0.261. The number of methoxy groups -OCH3 is 1. The van der Waals surface area contributed by atoms with Gasteiger partial charge in [0.2, 0.25) is 0 Å². The Balaban J connectivity index is 1.85. The molecule has 1 aliphatic rings. The van der Waals surface area contributed by atoms with Crippen LogP contribution in [0.2, 0.25) is 0 Å². The van der Waals surface area contributed by atoms with E-state index >= 15 is 0 Å². The van der Waals surface area contributed by atoms with Gasteiger partial charge in [-0.1, -0.05) is 11.9 Å². The molecule has 0 amide bonds. The van der Waals surface area contributed by atoms with Crippen LogP contribution in [0.4, 0.5) is 0 Å². The Kier molecular flexibility index (Phi) is 6.11. The summed E-state index contributed by atoms with van der Waals surface area (Å²) in [5.74, 6) is 2.26. The molecule has 0 spiro atoms. The smallest absolute Gasteiger partial charge is 0.402 e. The number of pyridine rings is 1. The van der Waals surface area contributed by atoms with Crippen LogP contribution in [0.15, 0.2) is 24.4 Å². The van der Waals surface area contributed by atoms with Crippen LogP contribution < -0.4 is 9.30 Å². The zero-order valence-corrected chi connectivity index (χ0v) is 22.3. The van der Waals surface area contributed by atoms with Gasteiger partial charge in [-0.3, -0.25) is 4.79 Å². The molecule has 1 unspecified atom stereocenters. The first-order valence-electron chi connectivity index (χ1n) is 11.4. The van der Waals surface area contributed by atoms with Crippen molar-refractivity contribution in [3.8, 4) is 11.7 Å². The number of carbonyl (C=O) groups is 1. The number of rotatable bonds is 6. The van der Waals surface area contributed by atoms with Crippen molar-refractivity contribution >= 4 is 42.1 Å². The van der Waals surface area contributed by atoms with E-state index in [4.69, 9.17) is 9.72 Å². The van der Waals surface area contributed by atoms with Gasteiger partial charge in [0, 0.05) is 33.5 Å². The summed E-state index contributed by atoms with van der Waals surface area (Å²) < 4.78 is 7.76. The molecule has 0 bridgehead atoms. The van der Waals surface area contributed by atoms with Crippen LogP contribution >= 0.6 is 25.3 Å². The summed E-state index contributed by atoms with van der Waals surface area (Å²) in [6.45, 7) is 12.4. The monoisotopic (exact) mass is 484 g/mol. The Morgan fingerprint density at radius 2 is 1.79 bits per heavy atom. The number of ether oxygens (including phenoxy) is 1. The molecule has 1 N–H and O–H groups in total. The van der Waals surface area contributed by atoms with E-state index in [1.165, 1.54) is 0 Å². The molecule has 176 valence electrons. The van der Waals surface area contributed by atoms with E-state index in [-0.39, 0.29) is 10.4 Å². The highest BCUT2D eigenvalue weighted by molar-refractivity contribution is 7.99. The molecule has 0 fully saturated rings. The average molecular weight is 485 g/mol. The summed E-state index contributed by atoms with van der Waals surface area (Å²) >= 11 is 8.91. The van der Waals surface area contributed by atoms with E-state index < -0.39 is 10.8 Å². The average Bonchev–Trinajstić information content (AvgIpc) is 3.20. The second-order valence-electron chi connectivity index (χ2n) is 10.4. The third-order valence-corrected chi connectivity index (χ3v) is 7.58. The summed E-state index contributed by atoms with van der Waals surface area (Å²) in [6.07, 6.45) is 3.76. The van der Waals surface area contributed by atoms with Gasteiger partial charge in [-0.2, -0.15) is 25.3 Å². The number of fused-ring (bicyclic) bond motifs is 2. The maximum absolute atomic E-state index is 13.1. The standard InChI is InChI=1S/C26H33N3O2S2/c1-14(11-22(32)33)10-20-15(2)21(31-7)8-9-29(20)24-27-18-12-16-17(13-19(18)28-24)26(5,6)23(30)25(16,3)4/h8-9,12-14,22H,10-11H2,1-7H3,(H2-,27,28,32,33)/p+1. The number of hydrogen-bond acceptors (Lipinski definition) is 5. The largest absolute Gasteiger partial charge is 0.496 e. The molecule has 0 saturated carbocycles. The summed E-state index contributed by atoms with van der Waals surface area (Å²) in [5, 5.41) is 0. The van der Waals surface area contributed by atoms with Gasteiger partial charge in [0.05, 0.1) is 19.0 Å². The van der Waals surface area contributed by atoms with E-state index in [2.05, 4.69) is 60.8 Å².